The molecule has 1 unspecified atom stereocenters. The van der Waals surface area contributed by atoms with Gasteiger partial charge >= 0.3 is 12.2 Å². The van der Waals surface area contributed by atoms with E-state index in [1.165, 1.54) is 59.6 Å². The number of non-ortho nitro benzene ring substituents is 2. The maximum atomic E-state index is 13.5. The van der Waals surface area contributed by atoms with Gasteiger partial charge in [-0.15, -0.1) is 0 Å². The van der Waals surface area contributed by atoms with Crippen molar-refractivity contribution in [2.45, 2.75) is 43.4 Å². The van der Waals surface area contributed by atoms with E-state index in [-0.39, 0.29) is 54.3 Å². The maximum Gasteiger partial charge on any atom is 0.433 e. The van der Waals surface area contributed by atoms with Gasteiger partial charge < -0.3 is 19.7 Å². The van der Waals surface area contributed by atoms with Crippen molar-refractivity contribution < 1.29 is 33.7 Å². The number of carbonyl (C=O) groups excluding carboxylic acids is 3. The molecular weight excluding hydrogens is 596 g/mol. The van der Waals surface area contributed by atoms with Gasteiger partial charge in [0, 0.05) is 61.4 Å². The van der Waals surface area contributed by atoms with Crippen molar-refractivity contribution >= 4 is 48.3 Å². The average Bonchev–Trinajstić information content (AvgIpc) is 3.66. The summed E-state index contributed by atoms with van der Waals surface area (Å²) in [6.45, 7) is 0.887. The summed E-state index contributed by atoms with van der Waals surface area (Å²) in [5.41, 5.74) is 1.02. The number of hydrogen-bond donors (Lipinski definition) is 2. The lowest BCUT2D eigenvalue weighted by Crippen LogP contribution is -2.48. The number of carbonyl (C=O) groups is 3. The van der Waals surface area contributed by atoms with E-state index in [9.17, 15) is 34.6 Å². The Hall–Kier alpha value is -4.57. The summed E-state index contributed by atoms with van der Waals surface area (Å²) in [5, 5.41) is 24.5. The topological polar surface area (TPSA) is 187 Å². The Morgan fingerprint density at radius 3 is 2.11 bits per heavy atom. The van der Waals surface area contributed by atoms with E-state index in [2.05, 4.69) is 22.9 Å². The monoisotopic (exact) mass is 628 g/mol. The van der Waals surface area contributed by atoms with E-state index < -0.39 is 28.1 Å². The molecule has 2 saturated heterocycles. The van der Waals surface area contributed by atoms with Crippen LogP contribution in [-0.4, -0.2) is 88.0 Å². The highest BCUT2D eigenvalue weighted by molar-refractivity contribution is 7.81. The van der Waals surface area contributed by atoms with Gasteiger partial charge in [0.05, 0.1) is 9.85 Å². The smallest absolute Gasteiger partial charge is 0.433 e. The highest BCUT2D eigenvalue weighted by Gasteiger charge is 2.43. The molecule has 1 N–H and O–H groups in total. The minimum Gasteiger partial charge on any atom is -0.445 e. The second-order valence-electron chi connectivity index (χ2n) is 10.4. The molecule has 44 heavy (non-hydrogen) atoms. The number of nitrogens with one attached hydrogen (secondary N) is 1. The van der Waals surface area contributed by atoms with Gasteiger partial charge in [0.2, 0.25) is 5.91 Å². The van der Waals surface area contributed by atoms with E-state index in [1.807, 2.05) is 0 Å². The fraction of sp³-hybridized carbons (Fsp3) is 0.429. The molecule has 4 rings (SSSR count). The summed E-state index contributed by atoms with van der Waals surface area (Å²) in [7, 11) is 1.72. The Balaban J connectivity index is 1.28. The number of nitrogens with zero attached hydrogens (tertiary/aromatic N) is 5. The SMILES string of the molecule is CNC(C=NC(=O)OCc1ccc([N+](=O)[O-])cc1)[C@@H]1CCN(C(=O)[C@@H]2C[C@H](S)CN2C(=O)OCc2ccc([N+](=O)[O-])cc2)C1. The number of thiol groups is 1. The van der Waals surface area contributed by atoms with Crippen molar-refractivity contribution in [3.05, 3.63) is 79.9 Å². The number of ether oxygens (including phenoxy) is 2. The molecule has 0 aromatic heterocycles. The van der Waals surface area contributed by atoms with Gasteiger partial charge in [-0.05, 0) is 61.2 Å². The quantitative estimate of drug-likeness (QED) is 0.171. The lowest BCUT2D eigenvalue weighted by atomic mass is 10.0. The van der Waals surface area contributed by atoms with Crippen LogP contribution >= 0.6 is 12.6 Å². The average molecular weight is 629 g/mol. The van der Waals surface area contributed by atoms with E-state index in [0.29, 0.717) is 37.1 Å². The summed E-state index contributed by atoms with van der Waals surface area (Å²) < 4.78 is 10.5. The van der Waals surface area contributed by atoms with Gasteiger partial charge in [-0.3, -0.25) is 29.9 Å². The molecule has 0 radical (unpaired) electrons. The molecule has 234 valence electrons. The first-order valence-electron chi connectivity index (χ1n) is 13.8. The minimum atomic E-state index is -0.816. The van der Waals surface area contributed by atoms with Crippen molar-refractivity contribution in [1.29, 1.82) is 0 Å². The normalized spacial score (nSPS) is 20.5. The van der Waals surface area contributed by atoms with E-state index in [1.54, 1.807) is 11.9 Å². The van der Waals surface area contributed by atoms with Crippen LogP contribution in [-0.2, 0) is 27.5 Å². The van der Waals surface area contributed by atoms with Gasteiger partial charge in [0.25, 0.3) is 11.4 Å². The van der Waals surface area contributed by atoms with Crippen LogP contribution in [0.1, 0.15) is 24.0 Å². The molecule has 0 saturated carbocycles. The molecule has 4 atom stereocenters. The number of likely N-dealkylation sites (tertiary alicyclic amines) is 2. The molecule has 15 nitrogen and oxygen atoms in total. The summed E-state index contributed by atoms with van der Waals surface area (Å²) in [4.78, 5) is 66.1. The lowest BCUT2D eigenvalue weighted by Gasteiger charge is -2.28. The van der Waals surface area contributed by atoms with E-state index >= 15 is 0 Å². The molecule has 3 amide bonds. The number of aliphatic imine (C=N–C) groups is 1. The molecular formula is C28H32N6O9S. The van der Waals surface area contributed by atoms with Crippen molar-refractivity contribution in [2.24, 2.45) is 10.9 Å². The molecule has 0 bridgehead atoms. The van der Waals surface area contributed by atoms with Crippen LogP contribution in [0.4, 0.5) is 21.0 Å². The Labute approximate surface area is 257 Å². The first kappa shape index (κ1) is 32.3. The zero-order valence-corrected chi connectivity index (χ0v) is 24.7. The number of rotatable bonds is 10. The molecule has 16 heteroatoms. The second-order valence-corrected chi connectivity index (χ2v) is 11.2. The highest BCUT2D eigenvalue weighted by Crippen LogP contribution is 2.28. The lowest BCUT2D eigenvalue weighted by molar-refractivity contribution is -0.385. The molecule has 2 fully saturated rings. The minimum absolute atomic E-state index is 0.0501. The van der Waals surface area contributed by atoms with Crippen LogP contribution in [0.15, 0.2) is 53.5 Å². The van der Waals surface area contributed by atoms with Crippen LogP contribution in [0.5, 0.6) is 0 Å². The van der Waals surface area contributed by atoms with Crippen molar-refractivity contribution in [1.82, 2.24) is 15.1 Å². The molecule has 2 aliphatic heterocycles. The molecule has 0 aliphatic carbocycles. The Morgan fingerprint density at radius 1 is 1.00 bits per heavy atom. The number of nitro benzene ring substituents is 2. The zero-order chi connectivity index (χ0) is 31.8. The van der Waals surface area contributed by atoms with Crippen LogP contribution in [0.3, 0.4) is 0 Å². The van der Waals surface area contributed by atoms with Crippen molar-refractivity contribution in [2.75, 3.05) is 26.7 Å². The summed E-state index contributed by atoms with van der Waals surface area (Å²) in [6.07, 6.45) is 0.971. The Kier molecular flexibility index (Phi) is 10.8. The van der Waals surface area contributed by atoms with Crippen LogP contribution < -0.4 is 5.32 Å². The number of amides is 3. The van der Waals surface area contributed by atoms with Gasteiger partial charge in [-0.1, -0.05) is 0 Å². The summed E-state index contributed by atoms with van der Waals surface area (Å²) in [5.74, 6) is -0.267. The predicted molar refractivity (Wildman–Crippen MR) is 160 cm³/mol. The molecule has 0 spiro atoms. The largest absolute Gasteiger partial charge is 0.445 e. The summed E-state index contributed by atoms with van der Waals surface area (Å²) in [6, 6.07) is 10.2. The fourth-order valence-corrected chi connectivity index (χ4v) is 5.53. The fourth-order valence-electron chi connectivity index (χ4n) is 5.15. The van der Waals surface area contributed by atoms with Gasteiger partial charge in [0.15, 0.2) is 0 Å². The molecule has 2 heterocycles. The zero-order valence-electron chi connectivity index (χ0n) is 23.8. The van der Waals surface area contributed by atoms with Gasteiger partial charge in [-0.2, -0.15) is 17.6 Å². The molecule has 2 aliphatic rings. The van der Waals surface area contributed by atoms with E-state index in [4.69, 9.17) is 9.47 Å². The first-order valence-corrected chi connectivity index (χ1v) is 14.3. The van der Waals surface area contributed by atoms with Crippen molar-refractivity contribution in [3.8, 4) is 0 Å². The van der Waals surface area contributed by atoms with Crippen LogP contribution in [0.2, 0.25) is 0 Å². The third kappa shape index (κ3) is 8.29. The third-order valence-electron chi connectivity index (χ3n) is 7.54. The third-order valence-corrected chi connectivity index (χ3v) is 7.91. The first-order chi connectivity index (χ1) is 21.0. The maximum absolute atomic E-state index is 13.5. The van der Waals surface area contributed by atoms with Crippen molar-refractivity contribution in [3.63, 3.8) is 0 Å². The molecule has 2 aromatic rings. The van der Waals surface area contributed by atoms with Crippen LogP contribution in [0.25, 0.3) is 0 Å². The highest BCUT2D eigenvalue weighted by atomic mass is 32.1. The predicted octanol–water partition coefficient (Wildman–Crippen LogP) is 3.36. The molecule has 2 aromatic carbocycles. The number of hydrogen-bond acceptors (Lipinski definition) is 11. The standard InChI is InChI=1S/C28H32N6O9S/c1-29-24(13-30-27(36)42-16-18-2-6-21(7-3-18)33(38)39)20-10-11-31(14-20)26(35)25-12-23(44)15-32(25)28(37)43-17-19-4-8-22(9-5-19)34(40)41/h2-9,13,20,23-25,29,44H,10-12,14-17H2,1H3/t20-,23+,24?,25+/m1/s1. The summed E-state index contributed by atoms with van der Waals surface area (Å²) >= 11 is 4.49. The number of benzene rings is 2. The van der Waals surface area contributed by atoms with E-state index in [0.717, 1.165) is 0 Å². The second kappa shape index (κ2) is 14.7. The van der Waals surface area contributed by atoms with Gasteiger partial charge in [-0.25, -0.2) is 9.59 Å². The number of nitro groups is 2. The Bertz CT molecular complexity index is 1410. The van der Waals surface area contributed by atoms with Gasteiger partial charge in [0.1, 0.15) is 19.3 Å². The van der Waals surface area contributed by atoms with Crippen LogP contribution in [0, 0.1) is 26.1 Å². The Morgan fingerprint density at radius 2 is 1.57 bits per heavy atom.